The maximum atomic E-state index is 12.2. The molecule has 1 aromatic heterocycles. The minimum Gasteiger partial charge on any atom is -0.348 e. The number of hydrogen-bond acceptors (Lipinski definition) is 4. The molecule has 0 spiro atoms. The smallest absolute Gasteiger partial charge is 0.270 e. The first-order chi connectivity index (χ1) is 9.15. The van der Waals surface area contributed by atoms with Crippen LogP contribution in [0.2, 0.25) is 0 Å². The van der Waals surface area contributed by atoms with Gasteiger partial charge in [0, 0.05) is 17.8 Å². The summed E-state index contributed by atoms with van der Waals surface area (Å²) in [4.78, 5) is 16.5. The number of carbonyl (C=O) groups excluding carboxylic acids is 1. The largest absolute Gasteiger partial charge is 0.348 e. The number of nitrogens with one attached hydrogen (secondary N) is 1. The second kappa shape index (κ2) is 6.48. The van der Waals surface area contributed by atoms with Crippen molar-refractivity contribution in [3.05, 3.63) is 16.1 Å². The van der Waals surface area contributed by atoms with Crippen LogP contribution in [-0.2, 0) is 6.42 Å². The summed E-state index contributed by atoms with van der Waals surface area (Å²) in [5, 5.41) is 5.91. The van der Waals surface area contributed by atoms with Crippen LogP contribution in [0.1, 0.15) is 48.6 Å². The van der Waals surface area contributed by atoms with E-state index in [1.807, 2.05) is 5.38 Å². The molecule has 0 aromatic carbocycles. The Morgan fingerprint density at radius 3 is 3.00 bits per heavy atom. The van der Waals surface area contributed by atoms with Gasteiger partial charge in [-0.2, -0.15) is 0 Å². The van der Waals surface area contributed by atoms with Crippen LogP contribution in [0.5, 0.6) is 0 Å². The monoisotopic (exact) mass is 281 g/mol. The molecule has 3 atom stereocenters. The molecule has 3 N–H and O–H groups in total. The molecule has 4 nitrogen and oxygen atoms in total. The van der Waals surface area contributed by atoms with Crippen LogP contribution in [0.15, 0.2) is 5.38 Å². The van der Waals surface area contributed by atoms with Gasteiger partial charge in [-0.05, 0) is 31.2 Å². The van der Waals surface area contributed by atoms with Crippen LogP contribution < -0.4 is 11.1 Å². The summed E-state index contributed by atoms with van der Waals surface area (Å²) in [5.41, 5.74) is 6.04. The van der Waals surface area contributed by atoms with E-state index in [-0.39, 0.29) is 5.91 Å². The van der Waals surface area contributed by atoms with Gasteiger partial charge in [0.15, 0.2) is 0 Å². The molecule has 1 aliphatic rings. The van der Waals surface area contributed by atoms with Gasteiger partial charge in [-0.15, -0.1) is 11.3 Å². The molecule has 1 fully saturated rings. The lowest BCUT2D eigenvalue weighted by molar-refractivity contribution is 0.0922. The average molecular weight is 281 g/mol. The summed E-state index contributed by atoms with van der Waals surface area (Å²) in [6, 6.07) is 0.303. The number of nitrogens with two attached hydrogens (primary N) is 1. The molecule has 1 saturated carbocycles. The SMILES string of the molecule is CCC1CCC(NC(=O)c2csc(CCN)n2)C1C. The van der Waals surface area contributed by atoms with Gasteiger partial charge < -0.3 is 11.1 Å². The third kappa shape index (κ3) is 3.34. The zero-order valence-corrected chi connectivity index (χ0v) is 12.5. The van der Waals surface area contributed by atoms with Crippen molar-refractivity contribution in [3.63, 3.8) is 0 Å². The van der Waals surface area contributed by atoms with Crippen molar-refractivity contribution < 1.29 is 4.79 Å². The summed E-state index contributed by atoms with van der Waals surface area (Å²) >= 11 is 1.51. The van der Waals surface area contributed by atoms with Crippen molar-refractivity contribution in [1.29, 1.82) is 0 Å². The lowest BCUT2D eigenvalue weighted by Crippen LogP contribution is -2.37. The summed E-state index contributed by atoms with van der Waals surface area (Å²) < 4.78 is 0. The minimum absolute atomic E-state index is 0.0341. The number of nitrogens with zero attached hydrogens (tertiary/aromatic N) is 1. The lowest BCUT2D eigenvalue weighted by Gasteiger charge is -2.20. The van der Waals surface area contributed by atoms with Crippen molar-refractivity contribution in [2.75, 3.05) is 6.54 Å². The van der Waals surface area contributed by atoms with Gasteiger partial charge >= 0.3 is 0 Å². The van der Waals surface area contributed by atoms with Crippen molar-refractivity contribution in [2.24, 2.45) is 17.6 Å². The van der Waals surface area contributed by atoms with Crippen molar-refractivity contribution in [2.45, 2.75) is 45.6 Å². The molecule has 0 bridgehead atoms. The number of carbonyl (C=O) groups is 1. The molecule has 106 valence electrons. The van der Waals surface area contributed by atoms with Gasteiger partial charge in [-0.3, -0.25) is 4.79 Å². The molecule has 0 aliphatic heterocycles. The molecule has 1 amide bonds. The predicted molar refractivity (Wildman–Crippen MR) is 78.3 cm³/mol. The van der Waals surface area contributed by atoms with Crippen LogP contribution in [0.3, 0.4) is 0 Å². The van der Waals surface area contributed by atoms with Crippen molar-refractivity contribution in [1.82, 2.24) is 10.3 Å². The van der Waals surface area contributed by atoms with Crippen molar-refractivity contribution in [3.8, 4) is 0 Å². The second-order valence-corrected chi connectivity index (χ2v) is 6.29. The topological polar surface area (TPSA) is 68.0 Å². The third-order valence-electron chi connectivity index (χ3n) is 4.21. The van der Waals surface area contributed by atoms with E-state index >= 15 is 0 Å². The van der Waals surface area contributed by atoms with Crippen LogP contribution in [-0.4, -0.2) is 23.5 Å². The number of amides is 1. The first kappa shape index (κ1) is 14.5. The zero-order valence-electron chi connectivity index (χ0n) is 11.7. The molecule has 2 rings (SSSR count). The molecular formula is C14H23N3OS. The highest BCUT2D eigenvalue weighted by molar-refractivity contribution is 7.09. The van der Waals surface area contributed by atoms with E-state index in [0.29, 0.717) is 24.2 Å². The average Bonchev–Trinajstić information content (AvgIpc) is 2.98. The standard InChI is InChI=1S/C14H23N3OS/c1-3-10-4-5-11(9(10)2)17-14(18)12-8-19-13(16-12)6-7-15/h8-11H,3-7,15H2,1-2H3,(H,17,18). The van der Waals surface area contributed by atoms with E-state index < -0.39 is 0 Å². The highest BCUT2D eigenvalue weighted by atomic mass is 32.1. The highest BCUT2D eigenvalue weighted by Gasteiger charge is 2.32. The number of thiazole rings is 1. The Morgan fingerprint density at radius 2 is 2.37 bits per heavy atom. The van der Waals surface area contributed by atoms with Gasteiger partial charge in [0.25, 0.3) is 5.91 Å². The molecule has 1 aromatic rings. The number of rotatable bonds is 5. The Bertz CT molecular complexity index is 432. The Labute approximate surface area is 118 Å². The highest BCUT2D eigenvalue weighted by Crippen LogP contribution is 2.33. The quantitative estimate of drug-likeness (QED) is 0.869. The Hall–Kier alpha value is -0.940. The zero-order chi connectivity index (χ0) is 13.8. The Balaban J connectivity index is 1.93. The van der Waals surface area contributed by atoms with Crippen LogP contribution >= 0.6 is 11.3 Å². The maximum absolute atomic E-state index is 12.2. The number of hydrogen-bond donors (Lipinski definition) is 2. The molecule has 5 heteroatoms. The first-order valence-corrected chi connectivity index (χ1v) is 7.99. The fourth-order valence-electron chi connectivity index (χ4n) is 2.92. The molecule has 19 heavy (non-hydrogen) atoms. The molecule has 1 heterocycles. The van der Waals surface area contributed by atoms with Crippen LogP contribution in [0.25, 0.3) is 0 Å². The number of aromatic nitrogens is 1. The molecular weight excluding hydrogens is 258 g/mol. The Kier molecular flexibility index (Phi) is 4.93. The van der Waals surface area contributed by atoms with Gasteiger partial charge in [-0.25, -0.2) is 4.98 Å². The first-order valence-electron chi connectivity index (χ1n) is 7.11. The van der Waals surface area contributed by atoms with Gasteiger partial charge in [0.1, 0.15) is 5.69 Å². The summed E-state index contributed by atoms with van der Waals surface area (Å²) in [7, 11) is 0. The maximum Gasteiger partial charge on any atom is 0.270 e. The van der Waals surface area contributed by atoms with Gasteiger partial charge in [0.05, 0.1) is 5.01 Å². The second-order valence-electron chi connectivity index (χ2n) is 5.35. The molecule has 3 unspecified atom stereocenters. The lowest BCUT2D eigenvalue weighted by atomic mass is 9.93. The Morgan fingerprint density at radius 1 is 1.58 bits per heavy atom. The fourth-order valence-corrected chi connectivity index (χ4v) is 3.72. The molecule has 0 saturated heterocycles. The predicted octanol–water partition coefficient (Wildman–Crippen LogP) is 2.20. The fraction of sp³-hybridized carbons (Fsp3) is 0.714. The van der Waals surface area contributed by atoms with E-state index in [9.17, 15) is 4.79 Å². The van der Waals surface area contributed by atoms with Crippen LogP contribution in [0, 0.1) is 11.8 Å². The van der Waals surface area contributed by atoms with E-state index in [1.165, 1.54) is 24.2 Å². The molecule has 0 radical (unpaired) electrons. The van der Waals surface area contributed by atoms with E-state index in [0.717, 1.165) is 23.8 Å². The van der Waals surface area contributed by atoms with Crippen molar-refractivity contribution >= 4 is 17.2 Å². The van der Waals surface area contributed by atoms with Gasteiger partial charge in [0.2, 0.25) is 0 Å². The van der Waals surface area contributed by atoms with E-state index in [1.54, 1.807) is 0 Å². The summed E-state index contributed by atoms with van der Waals surface area (Å²) in [5.74, 6) is 1.28. The molecule has 1 aliphatic carbocycles. The van der Waals surface area contributed by atoms with E-state index in [2.05, 4.69) is 24.1 Å². The summed E-state index contributed by atoms with van der Waals surface area (Å²) in [6.45, 7) is 5.05. The minimum atomic E-state index is -0.0341. The van der Waals surface area contributed by atoms with Crippen LogP contribution in [0.4, 0.5) is 0 Å². The summed E-state index contributed by atoms with van der Waals surface area (Å²) in [6.07, 6.45) is 4.25. The van der Waals surface area contributed by atoms with E-state index in [4.69, 9.17) is 5.73 Å². The van der Waals surface area contributed by atoms with Gasteiger partial charge in [-0.1, -0.05) is 20.3 Å². The third-order valence-corrected chi connectivity index (χ3v) is 5.12. The normalized spacial score (nSPS) is 26.6.